The molecule has 2 aromatic rings. The van der Waals surface area contributed by atoms with E-state index in [4.69, 9.17) is 25.0 Å². The highest BCUT2D eigenvalue weighted by Crippen LogP contribution is 2.66. The van der Waals surface area contributed by atoms with Gasteiger partial charge < -0.3 is 39.9 Å². The van der Waals surface area contributed by atoms with E-state index in [1.807, 2.05) is 0 Å². The van der Waals surface area contributed by atoms with Gasteiger partial charge in [-0.1, -0.05) is 0 Å². The fourth-order valence-corrected chi connectivity index (χ4v) is 6.08. The van der Waals surface area contributed by atoms with Gasteiger partial charge in [0.25, 0.3) is 0 Å². The van der Waals surface area contributed by atoms with Crippen molar-refractivity contribution >= 4 is 53.1 Å². The molecule has 2 aromatic heterocycles. The zero-order chi connectivity index (χ0) is 24.6. The van der Waals surface area contributed by atoms with Crippen molar-refractivity contribution in [2.24, 2.45) is 0 Å². The summed E-state index contributed by atoms with van der Waals surface area (Å²) < 4.78 is 58.2. The lowest BCUT2D eigenvalue weighted by Gasteiger charge is -2.21. The van der Waals surface area contributed by atoms with E-state index in [1.54, 1.807) is 0 Å². The maximum atomic E-state index is 11.9. The molecule has 0 bridgehead atoms. The molecule has 0 aliphatic carbocycles. The van der Waals surface area contributed by atoms with Crippen molar-refractivity contribution in [3.05, 3.63) is 12.7 Å². The van der Waals surface area contributed by atoms with Crippen molar-refractivity contribution in [2.45, 2.75) is 24.5 Å². The molecule has 0 aromatic carbocycles. The minimum atomic E-state index is -5.70. The van der Waals surface area contributed by atoms with Crippen LogP contribution in [0, 0.1) is 0 Å². The van der Waals surface area contributed by atoms with Crippen molar-refractivity contribution in [3.63, 3.8) is 0 Å². The van der Waals surface area contributed by atoms with Gasteiger partial charge in [0.15, 0.2) is 17.7 Å². The first-order valence-corrected chi connectivity index (χ1v) is 13.7. The number of nitrogens with two attached hydrogens (primary N) is 1. The van der Waals surface area contributed by atoms with Gasteiger partial charge in [0.05, 0.1) is 18.9 Å². The zero-order valence-corrected chi connectivity index (χ0v) is 19.6. The molecule has 0 saturated carbocycles. The fraction of sp³-hybridized carbons (Fsp3) is 0.545. The largest absolute Gasteiger partial charge is 0.490 e. The summed E-state index contributed by atoms with van der Waals surface area (Å²) >= 11 is 3.94. The SMILES string of the molecule is Nc1ncnc2c1ncn2[C@@H]1O[C@H](COP(=O)(O)OP(=O)(O)OP(=O)(O)O)[C@H](O)[C@H]1OCS. The van der Waals surface area contributed by atoms with Crippen LogP contribution in [0.3, 0.4) is 0 Å². The second-order valence-corrected chi connectivity index (χ2v) is 11.0. The number of rotatable bonds is 10. The van der Waals surface area contributed by atoms with Gasteiger partial charge in [0.1, 0.15) is 30.2 Å². The summed E-state index contributed by atoms with van der Waals surface area (Å²) in [7, 11) is -16.7. The zero-order valence-electron chi connectivity index (χ0n) is 16.0. The van der Waals surface area contributed by atoms with E-state index in [-0.39, 0.29) is 22.9 Å². The van der Waals surface area contributed by atoms with Crippen LogP contribution < -0.4 is 5.73 Å². The Morgan fingerprint density at radius 2 is 1.82 bits per heavy atom. The van der Waals surface area contributed by atoms with Crippen LogP contribution >= 0.6 is 36.1 Å². The summed E-state index contributed by atoms with van der Waals surface area (Å²) in [5, 5.41) is 10.6. The van der Waals surface area contributed by atoms with Crippen LogP contribution in [-0.4, -0.2) is 75.1 Å². The molecular formula is C11H18N5O13P3S. The quantitative estimate of drug-likeness (QED) is 0.109. The molecule has 1 aliphatic heterocycles. The fourth-order valence-electron chi connectivity index (χ4n) is 2.87. The van der Waals surface area contributed by atoms with E-state index in [1.165, 1.54) is 17.2 Å². The maximum absolute atomic E-state index is 11.9. The van der Waals surface area contributed by atoms with Crippen molar-refractivity contribution in [1.82, 2.24) is 19.5 Å². The second kappa shape index (κ2) is 9.93. The van der Waals surface area contributed by atoms with Crippen LogP contribution in [0.5, 0.6) is 0 Å². The molecule has 22 heteroatoms. The number of ether oxygens (including phenoxy) is 2. The number of hydrogen-bond acceptors (Lipinski definition) is 14. The molecule has 0 radical (unpaired) electrons. The molecule has 33 heavy (non-hydrogen) atoms. The number of aromatic nitrogens is 4. The van der Waals surface area contributed by atoms with Gasteiger partial charge in [-0.25, -0.2) is 28.6 Å². The Labute approximate surface area is 189 Å². The van der Waals surface area contributed by atoms with Crippen molar-refractivity contribution in [3.8, 4) is 0 Å². The molecule has 1 fully saturated rings. The maximum Gasteiger partial charge on any atom is 0.490 e. The Morgan fingerprint density at radius 1 is 1.12 bits per heavy atom. The Bertz CT molecular complexity index is 1140. The number of hydrogen-bond donors (Lipinski definition) is 7. The summed E-state index contributed by atoms with van der Waals surface area (Å²) in [5.74, 6) is -0.0818. The van der Waals surface area contributed by atoms with Gasteiger partial charge in [0.2, 0.25) is 0 Å². The van der Waals surface area contributed by atoms with Crippen LogP contribution in [0.1, 0.15) is 6.23 Å². The average molecular weight is 553 g/mol. The number of thiol groups is 1. The van der Waals surface area contributed by atoms with Gasteiger partial charge in [-0.05, 0) is 0 Å². The molecule has 0 spiro atoms. The number of fused-ring (bicyclic) bond motifs is 1. The molecule has 0 amide bonds. The molecular weight excluding hydrogens is 535 g/mol. The number of nitrogens with zero attached hydrogens (tertiary/aromatic N) is 4. The summed E-state index contributed by atoms with van der Waals surface area (Å²) in [6.45, 7) is -0.891. The van der Waals surface area contributed by atoms with Crippen LogP contribution in [0.15, 0.2) is 12.7 Å². The van der Waals surface area contributed by atoms with Crippen LogP contribution in [0.4, 0.5) is 5.82 Å². The van der Waals surface area contributed by atoms with E-state index in [0.29, 0.717) is 0 Å². The predicted octanol–water partition coefficient (Wildman–Crippen LogP) is -0.717. The van der Waals surface area contributed by atoms with Crippen LogP contribution in [0.2, 0.25) is 0 Å². The first kappa shape index (κ1) is 26.6. The number of anilines is 1. The summed E-state index contributed by atoms with van der Waals surface area (Å²) in [6.07, 6.45) is -2.59. The lowest BCUT2D eigenvalue weighted by molar-refractivity contribution is -0.0601. The summed E-state index contributed by atoms with van der Waals surface area (Å²) in [5.41, 5.74) is 6.20. The van der Waals surface area contributed by atoms with Gasteiger partial charge in [-0.2, -0.15) is 21.3 Å². The summed E-state index contributed by atoms with van der Waals surface area (Å²) in [6, 6.07) is 0. The van der Waals surface area contributed by atoms with E-state index in [0.717, 1.165) is 0 Å². The van der Waals surface area contributed by atoms with E-state index in [9.17, 15) is 28.6 Å². The van der Waals surface area contributed by atoms with Crippen molar-refractivity contribution in [1.29, 1.82) is 0 Å². The lowest BCUT2D eigenvalue weighted by Crippen LogP contribution is -2.35. The number of aliphatic hydroxyl groups is 1. The first-order chi connectivity index (χ1) is 15.2. The third-order valence-corrected chi connectivity index (χ3v) is 8.01. The van der Waals surface area contributed by atoms with Crippen molar-refractivity contribution < 1.29 is 61.0 Å². The predicted molar refractivity (Wildman–Crippen MR) is 108 cm³/mol. The Morgan fingerprint density at radius 3 is 2.45 bits per heavy atom. The minimum Gasteiger partial charge on any atom is -0.387 e. The topological polar surface area (TPSA) is 268 Å². The van der Waals surface area contributed by atoms with Crippen LogP contribution in [-0.2, 0) is 36.3 Å². The highest BCUT2D eigenvalue weighted by molar-refractivity contribution is 7.80. The molecule has 18 nitrogen and oxygen atoms in total. The third-order valence-electron chi connectivity index (χ3n) is 4.06. The summed E-state index contributed by atoms with van der Waals surface area (Å²) in [4.78, 5) is 47.8. The highest BCUT2D eigenvalue weighted by Gasteiger charge is 2.48. The standard InChI is InChI=1S/C11H18N5O13P3S/c12-9-6-10(14-2-13-9)16(3-15-6)11-8(25-4-33)7(17)5(27-11)1-26-31(21,22)29-32(23,24)28-30(18,19)20/h2-3,5,7-8,11,17,33H,1,4H2,(H,21,22)(H,23,24)(H2,12,13,14)(H2,18,19,20)/t5-,7+,8-,11-/m1/s1. The van der Waals surface area contributed by atoms with Gasteiger partial charge in [-0.15, -0.1) is 0 Å². The Balaban J connectivity index is 1.75. The molecule has 7 N–H and O–H groups in total. The number of aliphatic hydroxyl groups excluding tert-OH is 1. The number of nitrogen functional groups attached to an aromatic ring is 1. The molecule has 1 saturated heterocycles. The van der Waals surface area contributed by atoms with Gasteiger partial charge in [-0.3, -0.25) is 9.09 Å². The molecule has 3 heterocycles. The van der Waals surface area contributed by atoms with E-state index >= 15 is 0 Å². The number of phosphoric ester groups is 1. The monoisotopic (exact) mass is 553 g/mol. The van der Waals surface area contributed by atoms with Crippen molar-refractivity contribution in [2.75, 3.05) is 18.3 Å². The highest BCUT2D eigenvalue weighted by atomic mass is 32.1. The second-order valence-electron chi connectivity index (χ2n) is 6.29. The average Bonchev–Trinajstić information content (AvgIpc) is 3.20. The van der Waals surface area contributed by atoms with E-state index < -0.39 is 54.6 Å². The lowest BCUT2D eigenvalue weighted by atomic mass is 10.1. The molecule has 3 rings (SSSR count). The van der Waals surface area contributed by atoms with Gasteiger partial charge in [0, 0.05) is 0 Å². The molecule has 6 atom stereocenters. The Kier molecular flexibility index (Phi) is 8.00. The van der Waals surface area contributed by atoms with Crippen LogP contribution in [0.25, 0.3) is 11.2 Å². The van der Waals surface area contributed by atoms with E-state index in [2.05, 4.69) is 40.7 Å². The molecule has 2 unspecified atom stereocenters. The Hall–Kier alpha value is -1.01. The number of imidazole rings is 1. The molecule has 186 valence electrons. The number of phosphoric acid groups is 3. The first-order valence-electron chi connectivity index (χ1n) is 8.50. The van der Waals surface area contributed by atoms with Gasteiger partial charge >= 0.3 is 23.5 Å². The third kappa shape index (κ3) is 6.56. The molecule has 1 aliphatic rings. The minimum absolute atomic E-state index is 0.0770. The smallest absolute Gasteiger partial charge is 0.387 e. The normalized spacial score (nSPS) is 27.5.